The van der Waals surface area contributed by atoms with Crippen LogP contribution in [0.5, 0.6) is 0 Å². The monoisotopic (exact) mass is 243 g/mol. The SMILES string of the molecule is CC(NCC1CC1)c1occc1Br. The van der Waals surface area contributed by atoms with E-state index in [0.29, 0.717) is 6.04 Å². The minimum atomic E-state index is 0.310. The van der Waals surface area contributed by atoms with Crippen molar-refractivity contribution in [3.8, 4) is 0 Å². The van der Waals surface area contributed by atoms with Crippen molar-refractivity contribution < 1.29 is 4.42 Å². The van der Waals surface area contributed by atoms with E-state index >= 15 is 0 Å². The lowest BCUT2D eigenvalue weighted by Crippen LogP contribution is -2.20. The molecule has 2 rings (SSSR count). The number of rotatable bonds is 4. The van der Waals surface area contributed by atoms with Crippen LogP contribution in [0.3, 0.4) is 0 Å². The van der Waals surface area contributed by atoms with E-state index in [1.54, 1.807) is 6.26 Å². The van der Waals surface area contributed by atoms with Crippen molar-refractivity contribution in [2.24, 2.45) is 5.92 Å². The van der Waals surface area contributed by atoms with Crippen LogP contribution in [0.25, 0.3) is 0 Å². The molecular formula is C10H14BrNO. The molecule has 0 saturated heterocycles. The Morgan fingerprint density at radius 3 is 3.00 bits per heavy atom. The minimum absolute atomic E-state index is 0.310. The van der Waals surface area contributed by atoms with Crippen molar-refractivity contribution in [2.75, 3.05) is 6.54 Å². The summed E-state index contributed by atoms with van der Waals surface area (Å²) in [6, 6.07) is 2.25. The molecule has 1 aromatic heterocycles. The molecule has 2 nitrogen and oxygen atoms in total. The van der Waals surface area contributed by atoms with Gasteiger partial charge in [0.15, 0.2) is 0 Å². The maximum atomic E-state index is 5.37. The van der Waals surface area contributed by atoms with Gasteiger partial charge in [0.05, 0.1) is 16.8 Å². The molecular weight excluding hydrogens is 230 g/mol. The second kappa shape index (κ2) is 3.84. The predicted octanol–water partition coefficient (Wildman–Crippen LogP) is 3.10. The molecule has 1 unspecified atom stereocenters. The van der Waals surface area contributed by atoms with Crippen molar-refractivity contribution in [1.82, 2.24) is 5.32 Å². The molecule has 13 heavy (non-hydrogen) atoms. The largest absolute Gasteiger partial charge is 0.466 e. The Labute approximate surface area is 86.8 Å². The van der Waals surface area contributed by atoms with E-state index in [1.807, 2.05) is 6.07 Å². The highest BCUT2D eigenvalue weighted by Gasteiger charge is 2.22. The molecule has 72 valence electrons. The summed E-state index contributed by atoms with van der Waals surface area (Å²) in [7, 11) is 0. The van der Waals surface area contributed by atoms with Crippen LogP contribution in [-0.2, 0) is 0 Å². The molecule has 1 aliphatic rings. The van der Waals surface area contributed by atoms with Gasteiger partial charge >= 0.3 is 0 Å². The van der Waals surface area contributed by atoms with Gasteiger partial charge in [-0.1, -0.05) is 0 Å². The van der Waals surface area contributed by atoms with Crippen LogP contribution < -0.4 is 5.32 Å². The zero-order valence-corrected chi connectivity index (χ0v) is 9.30. The van der Waals surface area contributed by atoms with E-state index in [-0.39, 0.29) is 0 Å². The van der Waals surface area contributed by atoms with Crippen molar-refractivity contribution in [3.63, 3.8) is 0 Å². The average Bonchev–Trinajstić information content (AvgIpc) is 2.84. The molecule has 1 aliphatic carbocycles. The Morgan fingerprint density at radius 1 is 1.69 bits per heavy atom. The van der Waals surface area contributed by atoms with Gasteiger partial charge in [-0.2, -0.15) is 0 Å². The van der Waals surface area contributed by atoms with Gasteiger partial charge in [-0.25, -0.2) is 0 Å². The van der Waals surface area contributed by atoms with E-state index in [2.05, 4.69) is 28.2 Å². The van der Waals surface area contributed by atoms with E-state index in [9.17, 15) is 0 Å². The molecule has 1 aromatic rings. The summed E-state index contributed by atoms with van der Waals surface area (Å²) >= 11 is 3.46. The van der Waals surface area contributed by atoms with E-state index < -0.39 is 0 Å². The first kappa shape index (κ1) is 9.28. The standard InChI is InChI=1S/C10H14BrNO/c1-7(12-6-8-2-3-8)10-9(11)4-5-13-10/h4-5,7-8,12H,2-3,6H2,1H3. The number of nitrogens with one attached hydrogen (secondary N) is 1. The first-order chi connectivity index (χ1) is 6.27. The molecule has 1 heterocycles. The quantitative estimate of drug-likeness (QED) is 0.880. The maximum Gasteiger partial charge on any atom is 0.134 e. The lowest BCUT2D eigenvalue weighted by molar-refractivity contribution is 0.423. The fourth-order valence-electron chi connectivity index (χ4n) is 1.37. The molecule has 1 N–H and O–H groups in total. The molecule has 0 aromatic carbocycles. The highest BCUT2D eigenvalue weighted by molar-refractivity contribution is 9.10. The molecule has 0 radical (unpaired) electrons. The topological polar surface area (TPSA) is 25.2 Å². The Balaban J connectivity index is 1.88. The van der Waals surface area contributed by atoms with E-state index in [0.717, 1.165) is 22.7 Å². The Bertz CT molecular complexity index is 280. The molecule has 0 bridgehead atoms. The van der Waals surface area contributed by atoms with Gasteiger partial charge in [0.25, 0.3) is 0 Å². The van der Waals surface area contributed by atoms with Crippen LogP contribution in [0.2, 0.25) is 0 Å². The molecule has 1 atom stereocenters. The van der Waals surface area contributed by atoms with E-state index in [1.165, 1.54) is 12.8 Å². The summed E-state index contributed by atoms with van der Waals surface area (Å²) in [6.45, 7) is 3.25. The van der Waals surface area contributed by atoms with Gasteiger partial charge < -0.3 is 9.73 Å². The van der Waals surface area contributed by atoms with Gasteiger partial charge in [-0.3, -0.25) is 0 Å². The number of furan rings is 1. The summed E-state index contributed by atoms with van der Waals surface area (Å²) in [6.07, 6.45) is 4.49. The fraction of sp³-hybridized carbons (Fsp3) is 0.600. The third-order valence-electron chi connectivity index (χ3n) is 2.45. The minimum Gasteiger partial charge on any atom is -0.466 e. The van der Waals surface area contributed by atoms with Crippen molar-refractivity contribution in [1.29, 1.82) is 0 Å². The molecule has 1 fully saturated rings. The first-order valence-electron chi connectivity index (χ1n) is 4.73. The van der Waals surface area contributed by atoms with Gasteiger partial charge in [0.2, 0.25) is 0 Å². The summed E-state index contributed by atoms with van der Waals surface area (Å²) in [4.78, 5) is 0. The van der Waals surface area contributed by atoms with Gasteiger partial charge in [0, 0.05) is 0 Å². The number of hydrogen-bond acceptors (Lipinski definition) is 2. The number of halogens is 1. The normalized spacial score (nSPS) is 18.9. The maximum absolute atomic E-state index is 5.37. The molecule has 0 amide bonds. The smallest absolute Gasteiger partial charge is 0.134 e. The van der Waals surface area contributed by atoms with Crippen molar-refractivity contribution >= 4 is 15.9 Å². The Kier molecular flexibility index (Phi) is 2.74. The van der Waals surface area contributed by atoms with Crippen molar-refractivity contribution in [3.05, 3.63) is 22.6 Å². The summed E-state index contributed by atoms with van der Waals surface area (Å²) in [5, 5.41) is 3.46. The average molecular weight is 244 g/mol. The van der Waals surface area contributed by atoms with Crippen LogP contribution in [0.15, 0.2) is 21.2 Å². The lowest BCUT2D eigenvalue weighted by atomic mass is 10.2. The third-order valence-corrected chi connectivity index (χ3v) is 3.10. The number of hydrogen-bond donors (Lipinski definition) is 1. The molecule has 3 heteroatoms. The molecule has 0 spiro atoms. The van der Waals surface area contributed by atoms with Crippen LogP contribution >= 0.6 is 15.9 Å². The zero-order valence-electron chi connectivity index (χ0n) is 7.72. The zero-order chi connectivity index (χ0) is 9.26. The van der Waals surface area contributed by atoms with Crippen molar-refractivity contribution in [2.45, 2.75) is 25.8 Å². The van der Waals surface area contributed by atoms with Gasteiger partial charge in [-0.05, 0) is 54.2 Å². The lowest BCUT2D eigenvalue weighted by Gasteiger charge is -2.10. The van der Waals surface area contributed by atoms with Crippen LogP contribution in [0, 0.1) is 5.92 Å². The molecule has 0 aliphatic heterocycles. The highest BCUT2D eigenvalue weighted by Crippen LogP contribution is 2.29. The summed E-state index contributed by atoms with van der Waals surface area (Å²) < 4.78 is 6.43. The highest BCUT2D eigenvalue weighted by atomic mass is 79.9. The van der Waals surface area contributed by atoms with Crippen LogP contribution in [0.4, 0.5) is 0 Å². The Hall–Kier alpha value is -0.280. The second-order valence-electron chi connectivity index (χ2n) is 3.71. The first-order valence-corrected chi connectivity index (χ1v) is 5.53. The van der Waals surface area contributed by atoms with E-state index in [4.69, 9.17) is 4.42 Å². The van der Waals surface area contributed by atoms with Gasteiger partial charge in [-0.15, -0.1) is 0 Å². The Morgan fingerprint density at radius 2 is 2.46 bits per heavy atom. The third kappa shape index (κ3) is 2.35. The van der Waals surface area contributed by atoms with Crippen LogP contribution in [0.1, 0.15) is 31.6 Å². The summed E-state index contributed by atoms with van der Waals surface area (Å²) in [5.74, 6) is 1.91. The summed E-state index contributed by atoms with van der Waals surface area (Å²) in [5.41, 5.74) is 0. The second-order valence-corrected chi connectivity index (χ2v) is 4.56. The van der Waals surface area contributed by atoms with Crippen LogP contribution in [-0.4, -0.2) is 6.54 Å². The predicted molar refractivity (Wildman–Crippen MR) is 55.5 cm³/mol. The molecule has 1 saturated carbocycles. The fourth-order valence-corrected chi connectivity index (χ4v) is 1.92. The van der Waals surface area contributed by atoms with Gasteiger partial charge in [0.1, 0.15) is 5.76 Å².